The Kier molecular flexibility index (Phi) is 7.06. The predicted molar refractivity (Wildman–Crippen MR) is 151 cm³/mol. The highest BCUT2D eigenvalue weighted by Crippen LogP contribution is 2.48. The number of carbonyl (C=O) groups is 2. The number of phenolic OH excluding ortho intramolecular Hbond substituents is 1. The molecule has 11 heteroatoms. The molecule has 210 valence electrons. The predicted octanol–water partition coefficient (Wildman–Crippen LogP) is 4.99. The third-order valence-corrected chi connectivity index (χ3v) is 8.50. The van der Waals surface area contributed by atoms with Crippen molar-refractivity contribution in [1.82, 2.24) is 3.97 Å². The molecule has 5 rings (SSSR count). The van der Waals surface area contributed by atoms with Crippen LogP contribution in [-0.2, 0) is 19.5 Å². The van der Waals surface area contributed by atoms with Crippen LogP contribution in [0.25, 0.3) is 32.9 Å². The molecule has 0 radical (unpaired) electrons. The van der Waals surface area contributed by atoms with Gasteiger partial charge in [-0.1, -0.05) is 42.5 Å². The van der Waals surface area contributed by atoms with Gasteiger partial charge in [-0.2, -0.15) is 0 Å². The third kappa shape index (κ3) is 4.21. The molecular weight excluding hydrogens is 550 g/mol. The number of nitrogens with zero attached hydrogens (tertiary/aromatic N) is 1. The monoisotopic (exact) mass is 575 g/mol. The van der Waals surface area contributed by atoms with Gasteiger partial charge in [-0.05, 0) is 35.9 Å². The summed E-state index contributed by atoms with van der Waals surface area (Å²) in [4.78, 5) is 26.5. The molecule has 0 bridgehead atoms. The largest absolute Gasteiger partial charge is 0.506 e. The van der Waals surface area contributed by atoms with E-state index in [0.29, 0.717) is 11.1 Å². The molecule has 0 saturated heterocycles. The van der Waals surface area contributed by atoms with Crippen molar-refractivity contribution in [2.45, 2.75) is 4.90 Å². The number of phenols is 1. The van der Waals surface area contributed by atoms with Crippen LogP contribution < -0.4 is 9.47 Å². The Bertz CT molecular complexity index is 1940. The van der Waals surface area contributed by atoms with Gasteiger partial charge >= 0.3 is 11.9 Å². The molecule has 0 amide bonds. The van der Waals surface area contributed by atoms with Crippen LogP contribution in [0, 0.1) is 0 Å². The standard InChI is InChI=1S/C30H25NO9S/c1-37-21-15-14-17(16-22(21)38-2)23-25(29(33)39-3)26(30(34)40-4)28(32)24-19-12-8-9-13-20(19)31(27(23)24)41(35,36)18-10-6-5-7-11-18/h5-16,32H,1-4H3. The zero-order chi connectivity index (χ0) is 29.5. The van der Waals surface area contributed by atoms with E-state index in [2.05, 4.69) is 0 Å². The van der Waals surface area contributed by atoms with Crippen LogP contribution >= 0.6 is 0 Å². The first-order chi connectivity index (χ1) is 19.7. The highest BCUT2D eigenvalue weighted by molar-refractivity contribution is 7.90. The Labute approximate surface area is 235 Å². The Hall–Kier alpha value is -5.03. The molecule has 1 heterocycles. The fraction of sp³-hybridized carbons (Fsp3) is 0.133. The minimum absolute atomic E-state index is 0.00158. The highest BCUT2D eigenvalue weighted by Gasteiger charge is 2.36. The lowest BCUT2D eigenvalue weighted by Crippen LogP contribution is -2.17. The maximum Gasteiger partial charge on any atom is 0.342 e. The molecule has 0 spiro atoms. The van der Waals surface area contributed by atoms with Gasteiger partial charge < -0.3 is 24.1 Å². The van der Waals surface area contributed by atoms with E-state index in [-0.39, 0.29) is 43.8 Å². The van der Waals surface area contributed by atoms with Gasteiger partial charge in [0.2, 0.25) is 0 Å². The molecule has 5 aromatic rings. The number of para-hydroxylation sites is 1. The fourth-order valence-electron chi connectivity index (χ4n) is 4.99. The highest BCUT2D eigenvalue weighted by atomic mass is 32.2. The van der Waals surface area contributed by atoms with Crippen LogP contribution in [0.5, 0.6) is 17.2 Å². The summed E-state index contributed by atoms with van der Waals surface area (Å²) in [6, 6.07) is 18.9. The Morgan fingerprint density at radius 1 is 0.756 bits per heavy atom. The summed E-state index contributed by atoms with van der Waals surface area (Å²) in [5, 5.41) is 12.0. The molecule has 1 aromatic heterocycles. The minimum atomic E-state index is -4.33. The number of rotatable bonds is 7. The van der Waals surface area contributed by atoms with E-state index < -0.39 is 33.3 Å². The van der Waals surface area contributed by atoms with Gasteiger partial charge in [0.1, 0.15) is 11.3 Å². The summed E-state index contributed by atoms with van der Waals surface area (Å²) in [6.45, 7) is 0. The summed E-state index contributed by atoms with van der Waals surface area (Å²) in [5.74, 6) is -2.00. The Morgan fingerprint density at radius 2 is 1.37 bits per heavy atom. The van der Waals surface area contributed by atoms with Gasteiger partial charge in [0.25, 0.3) is 10.0 Å². The summed E-state index contributed by atoms with van der Waals surface area (Å²) in [7, 11) is 0.760. The topological polar surface area (TPSA) is 130 Å². The lowest BCUT2D eigenvalue weighted by atomic mass is 9.90. The van der Waals surface area contributed by atoms with E-state index in [1.165, 1.54) is 32.4 Å². The van der Waals surface area contributed by atoms with E-state index in [1.807, 2.05) is 0 Å². The molecule has 1 N–H and O–H groups in total. The van der Waals surface area contributed by atoms with E-state index >= 15 is 0 Å². The van der Waals surface area contributed by atoms with E-state index in [4.69, 9.17) is 18.9 Å². The number of methoxy groups -OCH3 is 4. The van der Waals surface area contributed by atoms with Crippen molar-refractivity contribution < 1.29 is 42.1 Å². The molecular formula is C30H25NO9S. The van der Waals surface area contributed by atoms with Gasteiger partial charge in [0.15, 0.2) is 11.5 Å². The van der Waals surface area contributed by atoms with Crippen molar-refractivity contribution in [2.75, 3.05) is 28.4 Å². The van der Waals surface area contributed by atoms with E-state index in [9.17, 15) is 23.1 Å². The number of aromatic hydroxyl groups is 1. The van der Waals surface area contributed by atoms with Crippen LogP contribution in [0.2, 0.25) is 0 Å². The number of carbonyl (C=O) groups excluding carboxylic acids is 2. The molecule has 0 aliphatic rings. The number of fused-ring (bicyclic) bond motifs is 3. The molecule has 0 saturated carbocycles. The van der Waals surface area contributed by atoms with Crippen LogP contribution in [0.1, 0.15) is 20.7 Å². The van der Waals surface area contributed by atoms with Gasteiger partial charge in [0, 0.05) is 10.9 Å². The van der Waals surface area contributed by atoms with Gasteiger partial charge in [-0.25, -0.2) is 22.0 Å². The maximum absolute atomic E-state index is 14.3. The second-order valence-corrected chi connectivity index (χ2v) is 10.6. The summed E-state index contributed by atoms with van der Waals surface area (Å²) < 4.78 is 50.5. The summed E-state index contributed by atoms with van der Waals surface area (Å²) in [5.41, 5.74) is -0.415. The molecule has 0 fully saturated rings. The SMILES string of the molecule is COC(=O)c1c(C(=O)OC)c(-c2ccc(OC)c(OC)c2)c2c(c1O)c1ccccc1n2S(=O)(=O)c1ccccc1. The van der Waals surface area contributed by atoms with Gasteiger partial charge in [-0.3, -0.25) is 0 Å². The number of aromatic nitrogens is 1. The number of benzene rings is 4. The lowest BCUT2D eigenvalue weighted by molar-refractivity contribution is 0.0553. The molecule has 0 aliphatic carbocycles. The average molecular weight is 576 g/mol. The number of hydrogen-bond donors (Lipinski definition) is 1. The molecule has 10 nitrogen and oxygen atoms in total. The van der Waals surface area contributed by atoms with E-state index in [0.717, 1.165) is 18.2 Å². The quantitative estimate of drug-likeness (QED) is 0.267. The third-order valence-electron chi connectivity index (χ3n) is 6.78. The first-order valence-corrected chi connectivity index (χ1v) is 13.7. The van der Waals surface area contributed by atoms with Gasteiger partial charge in [0.05, 0.1) is 55.3 Å². The van der Waals surface area contributed by atoms with Crippen LogP contribution in [-0.4, -0.2) is 57.9 Å². The number of esters is 2. The zero-order valence-corrected chi connectivity index (χ0v) is 23.3. The normalized spacial score (nSPS) is 11.4. The first-order valence-electron chi connectivity index (χ1n) is 12.2. The molecule has 0 aliphatic heterocycles. The lowest BCUT2D eigenvalue weighted by Gasteiger charge is -2.19. The minimum Gasteiger partial charge on any atom is -0.506 e. The zero-order valence-electron chi connectivity index (χ0n) is 22.5. The molecule has 4 aromatic carbocycles. The Morgan fingerprint density at radius 3 is 2.00 bits per heavy atom. The summed E-state index contributed by atoms with van der Waals surface area (Å²) >= 11 is 0. The molecule has 0 unspecified atom stereocenters. The first kappa shape index (κ1) is 27.5. The van der Waals surface area contributed by atoms with Crippen LogP contribution in [0.15, 0.2) is 77.7 Å². The Balaban J connectivity index is 2.13. The molecule has 0 atom stereocenters. The number of ether oxygens (including phenoxy) is 4. The summed E-state index contributed by atoms with van der Waals surface area (Å²) in [6.07, 6.45) is 0. The number of hydrogen-bond acceptors (Lipinski definition) is 9. The van der Waals surface area contributed by atoms with Crippen molar-refractivity contribution in [3.63, 3.8) is 0 Å². The fourth-order valence-corrected chi connectivity index (χ4v) is 6.55. The van der Waals surface area contributed by atoms with Crippen molar-refractivity contribution in [3.05, 3.63) is 83.9 Å². The van der Waals surface area contributed by atoms with Crippen LogP contribution in [0.4, 0.5) is 0 Å². The van der Waals surface area contributed by atoms with Gasteiger partial charge in [-0.15, -0.1) is 0 Å². The van der Waals surface area contributed by atoms with Crippen molar-refractivity contribution in [1.29, 1.82) is 0 Å². The average Bonchev–Trinajstić information content (AvgIpc) is 3.36. The maximum atomic E-state index is 14.3. The second kappa shape index (κ2) is 10.5. The van der Waals surface area contributed by atoms with Crippen molar-refractivity contribution in [3.8, 4) is 28.4 Å². The molecule has 41 heavy (non-hydrogen) atoms. The van der Waals surface area contributed by atoms with Crippen molar-refractivity contribution >= 4 is 43.8 Å². The second-order valence-electron chi connectivity index (χ2n) is 8.85. The van der Waals surface area contributed by atoms with Crippen LogP contribution in [0.3, 0.4) is 0 Å². The van der Waals surface area contributed by atoms with Crippen molar-refractivity contribution in [2.24, 2.45) is 0 Å². The smallest absolute Gasteiger partial charge is 0.342 e. The van der Waals surface area contributed by atoms with E-state index in [1.54, 1.807) is 54.6 Å².